The number of ether oxygens (including phenoxy) is 1. The van der Waals surface area contributed by atoms with Crippen molar-refractivity contribution < 1.29 is 37.0 Å². The molecule has 3 atom stereocenters. The Bertz CT molecular complexity index is 1710. The van der Waals surface area contributed by atoms with Gasteiger partial charge in [-0.2, -0.15) is 9.37 Å². The lowest BCUT2D eigenvalue weighted by Gasteiger charge is -2.23. The standard InChI is InChI=1S/C22H20FN5O9/c1-4-22(8-29)14(30)5-15(37-22)28-9-25-16-17(24-6-12-10(2)33-20(31)35-12)27(19(23)26-18(16)28)7-13-11(3)34-21(32)36-13/h1,9,14-15,29-30H,5-8H2,2-3H3/b24-17-/t14-,15+,22+/m0/s1. The largest absolute Gasteiger partial charge is 0.519 e. The highest BCUT2D eigenvalue weighted by Gasteiger charge is 2.47. The van der Waals surface area contributed by atoms with E-state index < -0.39 is 42.3 Å². The van der Waals surface area contributed by atoms with Gasteiger partial charge in [-0.3, -0.25) is 14.1 Å². The van der Waals surface area contributed by atoms with E-state index >= 15 is 4.39 Å². The fourth-order valence-corrected chi connectivity index (χ4v) is 4.06. The molecule has 0 saturated carbocycles. The fourth-order valence-electron chi connectivity index (χ4n) is 4.06. The zero-order valence-electron chi connectivity index (χ0n) is 19.5. The highest BCUT2D eigenvalue weighted by Crippen LogP contribution is 2.37. The minimum Gasteiger partial charge on any atom is -0.396 e. The summed E-state index contributed by atoms with van der Waals surface area (Å²) < 4.78 is 43.2. The lowest BCUT2D eigenvalue weighted by Crippen LogP contribution is -2.41. The van der Waals surface area contributed by atoms with Gasteiger partial charge in [0.2, 0.25) is 0 Å². The molecule has 4 aromatic rings. The van der Waals surface area contributed by atoms with Gasteiger partial charge in [0, 0.05) is 6.42 Å². The number of aromatic nitrogens is 4. The molecule has 0 aliphatic carbocycles. The van der Waals surface area contributed by atoms with E-state index in [9.17, 15) is 19.8 Å². The van der Waals surface area contributed by atoms with Crippen molar-refractivity contribution in [2.45, 2.75) is 51.3 Å². The smallest absolute Gasteiger partial charge is 0.396 e. The van der Waals surface area contributed by atoms with E-state index in [0.717, 1.165) is 4.57 Å². The number of hydrogen-bond donors (Lipinski definition) is 2. The van der Waals surface area contributed by atoms with Crippen LogP contribution in [-0.4, -0.2) is 47.6 Å². The van der Waals surface area contributed by atoms with Crippen molar-refractivity contribution in [1.82, 2.24) is 19.1 Å². The van der Waals surface area contributed by atoms with E-state index in [1.54, 1.807) is 0 Å². The van der Waals surface area contributed by atoms with Gasteiger partial charge < -0.3 is 32.6 Å². The zero-order valence-corrected chi connectivity index (χ0v) is 19.5. The Labute approximate surface area is 205 Å². The van der Waals surface area contributed by atoms with Gasteiger partial charge in [0.05, 0.1) is 19.5 Å². The lowest BCUT2D eigenvalue weighted by molar-refractivity contribution is -0.0892. The first-order valence-electron chi connectivity index (χ1n) is 10.9. The van der Waals surface area contributed by atoms with Crippen molar-refractivity contribution in [2.24, 2.45) is 4.99 Å². The summed E-state index contributed by atoms with van der Waals surface area (Å²) in [5.41, 5.74) is -1.59. The van der Waals surface area contributed by atoms with E-state index in [4.69, 9.17) is 28.8 Å². The number of rotatable bonds is 6. The molecule has 1 aliphatic heterocycles. The molecule has 2 N–H and O–H groups in total. The van der Waals surface area contributed by atoms with E-state index in [-0.39, 0.29) is 59.2 Å². The summed E-state index contributed by atoms with van der Waals surface area (Å²) >= 11 is 0. The molecule has 1 saturated heterocycles. The SMILES string of the molecule is C#C[C@]1(CO)O[C@@H](n2cnc3/c(=N/Cc4oc(=O)oc4C)n(Cc4oc(=O)oc4C)c(F)nc32)C[C@@H]1O. The average molecular weight is 517 g/mol. The molecule has 0 bridgehead atoms. The zero-order chi connectivity index (χ0) is 26.5. The highest BCUT2D eigenvalue weighted by atomic mass is 19.1. The maximum Gasteiger partial charge on any atom is 0.519 e. The number of aliphatic hydroxyl groups is 2. The van der Waals surface area contributed by atoms with Crippen LogP contribution in [0.5, 0.6) is 0 Å². The Morgan fingerprint density at radius 3 is 2.46 bits per heavy atom. The molecule has 0 amide bonds. The lowest BCUT2D eigenvalue weighted by atomic mass is 9.99. The molecule has 0 aromatic carbocycles. The van der Waals surface area contributed by atoms with E-state index in [0.29, 0.717) is 0 Å². The Morgan fingerprint density at radius 2 is 1.89 bits per heavy atom. The molecular formula is C22H20FN5O9. The van der Waals surface area contributed by atoms with Gasteiger partial charge in [0.15, 0.2) is 33.8 Å². The predicted molar refractivity (Wildman–Crippen MR) is 117 cm³/mol. The summed E-state index contributed by atoms with van der Waals surface area (Å²) in [7, 11) is 0. The number of aryl methyl sites for hydroxylation is 2. The molecule has 5 rings (SSSR count). The third kappa shape index (κ3) is 4.10. The minimum absolute atomic E-state index is 0.00815. The number of fused-ring (bicyclic) bond motifs is 1. The maximum absolute atomic E-state index is 15.5. The van der Waals surface area contributed by atoms with Gasteiger partial charge in [-0.25, -0.2) is 14.6 Å². The number of hydrogen-bond acceptors (Lipinski definition) is 12. The van der Waals surface area contributed by atoms with Gasteiger partial charge in [-0.05, 0) is 13.8 Å². The van der Waals surface area contributed by atoms with Gasteiger partial charge in [-0.15, -0.1) is 6.42 Å². The fraction of sp³-hybridized carbons (Fsp3) is 0.409. The summed E-state index contributed by atoms with van der Waals surface area (Å²) in [5.74, 6) is 0.850. The van der Waals surface area contributed by atoms with E-state index in [1.807, 2.05) is 0 Å². The van der Waals surface area contributed by atoms with Crippen LogP contribution in [-0.2, 0) is 17.8 Å². The van der Waals surface area contributed by atoms with Crippen LogP contribution in [0, 0.1) is 32.3 Å². The summed E-state index contributed by atoms with van der Waals surface area (Å²) in [6, 6.07) is 0. The van der Waals surface area contributed by atoms with Crippen LogP contribution in [0.15, 0.2) is 38.6 Å². The van der Waals surface area contributed by atoms with Gasteiger partial charge >= 0.3 is 11.6 Å². The Morgan fingerprint density at radius 1 is 1.22 bits per heavy atom. The van der Waals surface area contributed by atoms with Crippen molar-refractivity contribution in [3.63, 3.8) is 0 Å². The van der Waals surface area contributed by atoms with Crippen LogP contribution in [0.1, 0.15) is 35.7 Å². The summed E-state index contributed by atoms with van der Waals surface area (Å²) in [4.78, 5) is 35.6. The Kier molecular flexibility index (Phi) is 5.94. The molecule has 4 aromatic heterocycles. The van der Waals surface area contributed by atoms with Crippen LogP contribution in [0.3, 0.4) is 0 Å². The third-order valence-corrected chi connectivity index (χ3v) is 6.10. The molecule has 14 nitrogen and oxygen atoms in total. The molecule has 0 radical (unpaired) electrons. The molecular weight excluding hydrogens is 497 g/mol. The van der Waals surface area contributed by atoms with E-state index in [2.05, 4.69) is 20.9 Å². The summed E-state index contributed by atoms with van der Waals surface area (Å²) in [6.45, 7) is 1.80. The first-order valence-corrected chi connectivity index (χ1v) is 10.9. The molecule has 37 heavy (non-hydrogen) atoms. The first-order chi connectivity index (χ1) is 17.7. The number of terminal acetylenes is 1. The third-order valence-electron chi connectivity index (χ3n) is 6.10. The van der Waals surface area contributed by atoms with Crippen molar-refractivity contribution in [3.05, 3.63) is 62.2 Å². The Hall–Kier alpha value is -4.26. The van der Waals surface area contributed by atoms with Gasteiger partial charge in [0.1, 0.15) is 30.4 Å². The monoisotopic (exact) mass is 517 g/mol. The quantitative estimate of drug-likeness (QED) is 0.257. The summed E-state index contributed by atoms with van der Waals surface area (Å²) in [5, 5.41) is 20.1. The van der Waals surface area contributed by atoms with Gasteiger partial charge in [-0.1, -0.05) is 5.92 Å². The molecule has 1 fully saturated rings. The molecule has 0 unspecified atom stereocenters. The first kappa shape index (κ1) is 24.4. The second kappa shape index (κ2) is 9.00. The topological polar surface area (TPSA) is 184 Å². The van der Waals surface area contributed by atoms with Crippen molar-refractivity contribution in [1.29, 1.82) is 0 Å². The number of halogens is 1. The van der Waals surface area contributed by atoms with Crippen LogP contribution in [0.25, 0.3) is 11.2 Å². The second-order valence-corrected chi connectivity index (χ2v) is 8.31. The number of imidazole rings is 1. The summed E-state index contributed by atoms with van der Waals surface area (Å²) in [6.07, 6.45) is 3.57. The second-order valence-electron chi connectivity index (χ2n) is 8.31. The van der Waals surface area contributed by atoms with Crippen molar-refractivity contribution in [3.8, 4) is 12.3 Å². The van der Waals surface area contributed by atoms with Crippen molar-refractivity contribution >= 4 is 11.2 Å². The molecule has 194 valence electrons. The molecule has 1 aliphatic rings. The average Bonchev–Trinajstić information content (AvgIpc) is 3.59. The molecule has 15 heteroatoms. The van der Waals surface area contributed by atoms with Crippen LogP contribution in [0.4, 0.5) is 4.39 Å². The Balaban J connectivity index is 1.66. The van der Waals surface area contributed by atoms with Crippen molar-refractivity contribution in [2.75, 3.05) is 6.61 Å². The van der Waals surface area contributed by atoms with E-state index in [1.165, 1.54) is 24.7 Å². The number of nitrogens with zero attached hydrogens (tertiary/aromatic N) is 5. The molecule has 0 spiro atoms. The van der Waals surface area contributed by atoms with Crippen LogP contribution < -0.4 is 17.1 Å². The normalized spacial score (nSPS) is 22.2. The van der Waals surface area contributed by atoms with Gasteiger partial charge in [0.25, 0.3) is 6.08 Å². The minimum atomic E-state index is -1.64. The maximum atomic E-state index is 15.5. The highest BCUT2D eigenvalue weighted by molar-refractivity contribution is 5.69. The van der Waals surface area contributed by atoms with Crippen LogP contribution in [0.2, 0.25) is 0 Å². The number of aliphatic hydroxyl groups excluding tert-OH is 2. The molecule has 5 heterocycles. The van der Waals surface area contributed by atoms with Crippen LogP contribution >= 0.6 is 0 Å². The predicted octanol–water partition coefficient (Wildman–Crippen LogP) is -0.126.